The van der Waals surface area contributed by atoms with Gasteiger partial charge in [0.05, 0.1) is 0 Å². The third-order valence-electron chi connectivity index (χ3n) is 3.45. The largest absolute Gasteiger partial charge is 0.489 e. The summed E-state index contributed by atoms with van der Waals surface area (Å²) in [6, 6.07) is 20.0. The molecule has 0 aliphatic heterocycles. The normalized spacial score (nSPS) is 9.52. The molecule has 0 saturated heterocycles. The van der Waals surface area contributed by atoms with E-state index in [9.17, 15) is 9.59 Å². The molecule has 0 aliphatic rings. The standard InChI is InChI=1S/C13H12O.C8H13NO3S/c1-3-7-12(8-4-1)11-14-13-9-5-2-6-10-13;1-2-3-4-5-6(10)9-7(13)8(11)12/h1-10H,11H2;2-5H2,1H3,(H,11,12)(H,9,10,13). The lowest BCUT2D eigenvalue weighted by Gasteiger charge is -2.05. The molecule has 0 radical (unpaired) electrons. The van der Waals surface area contributed by atoms with Gasteiger partial charge in [0.1, 0.15) is 12.4 Å². The van der Waals surface area contributed by atoms with E-state index in [1.165, 1.54) is 5.56 Å². The van der Waals surface area contributed by atoms with Crippen LogP contribution in [0.15, 0.2) is 60.7 Å². The molecule has 0 aromatic heterocycles. The highest BCUT2D eigenvalue weighted by Gasteiger charge is 2.09. The van der Waals surface area contributed by atoms with Crippen molar-refractivity contribution in [1.82, 2.24) is 5.32 Å². The maximum absolute atomic E-state index is 11.0. The first-order valence-electron chi connectivity index (χ1n) is 8.81. The van der Waals surface area contributed by atoms with Crippen LogP contribution in [0.1, 0.15) is 38.2 Å². The lowest BCUT2D eigenvalue weighted by atomic mass is 10.2. The average molecular weight is 388 g/mol. The van der Waals surface area contributed by atoms with Gasteiger partial charge in [0.15, 0.2) is 4.99 Å². The van der Waals surface area contributed by atoms with E-state index in [0.29, 0.717) is 13.0 Å². The van der Waals surface area contributed by atoms with Gasteiger partial charge in [-0.1, -0.05) is 80.5 Å². The minimum absolute atomic E-state index is 0.319. The minimum Gasteiger partial charge on any atom is -0.489 e. The second kappa shape index (κ2) is 13.5. The van der Waals surface area contributed by atoms with Crippen LogP contribution in [0.25, 0.3) is 0 Å². The molecule has 0 bridgehead atoms. The molecule has 5 nitrogen and oxygen atoms in total. The zero-order chi connectivity index (χ0) is 19.9. The van der Waals surface area contributed by atoms with Crippen LogP contribution in [0.2, 0.25) is 0 Å². The Morgan fingerprint density at radius 3 is 2.15 bits per heavy atom. The summed E-state index contributed by atoms with van der Waals surface area (Å²) >= 11 is 4.40. The zero-order valence-corrected chi connectivity index (χ0v) is 16.2. The number of carbonyl (C=O) groups is 2. The number of ether oxygens (including phenoxy) is 1. The third-order valence-corrected chi connectivity index (χ3v) is 3.72. The van der Waals surface area contributed by atoms with Gasteiger partial charge >= 0.3 is 5.97 Å². The van der Waals surface area contributed by atoms with Gasteiger partial charge in [0.25, 0.3) is 0 Å². The fraction of sp³-hybridized carbons (Fsp3) is 0.286. The topological polar surface area (TPSA) is 75.6 Å². The number of nitrogens with one attached hydrogen (secondary N) is 1. The number of amides is 1. The molecule has 2 aromatic rings. The van der Waals surface area contributed by atoms with E-state index in [2.05, 4.69) is 29.7 Å². The first kappa shape index (κ1) is 22.3. The SMILES string of the molecule is CCCCCC(=O)NC(=S)C(=O)O.c1ccc(COc2ccccc2)cc1. The van der Waals surface area contributed by atoms with Crippen LogP contribution in [0.4, 0.5) is 0 Å². The summed E-state index contributed by atoms with van der Waals surface area (Å²) < 4.78 is 5.59. The summed E-state index contributed by atoms with van der Waals surface area (Å²) in [4.78, 5) is 20.8. The van der Waals surface area contributed by atoms with Gasteiger partial charge in [0.2, 0.25) is 5.91 Å². The Morgan fingerprint density at radius 2 is 1.59 bits per heavy atom. The van der Waals surface area contributed by atoms with Gasteiger partial charge < -0.3 is 15.2 Å². The molecule has 144 valence electrons. The summed E-state index contributed by atoms with van der Waals surface area (Å²) in [5.74, 6) is -0.670. The second-order valence-corrected chi connectivity index (χ2v) is 6.14. The van der Waals surface area contributed by atoms with E-state index in [0.717, 1.165) is 25.0 Å². The van der Waals surface area contributed by atoms with Gasteiger partial charge in [-0.2, -0.15) is 0 Å². The fourth-order valence-electron chi connectivity index (χ4n) is 2.04. The molecule has 0 fully saturated rings. The fourth-order valence-corrected chi connectivity index (χ4v) is 2.15. The van der Waals surface area contributed by atoms with Crippen molar-refractivity contribution < 1.29 is 19.4 Å². The van der Waals surface area contributed by atoms with Crippen LogP contribution in [0, 0.1) is 0 Å². The number of rotatable bonds is 7. The lowest BCUT2D eigenvalue weighted by Crippen LogP contribution is -2.34. The number of para-hydroxylation sites is 1. The van der Waals surface area contributed by atoms with Gasteiger partial charge in [0, 0.05) is 6.42 Å². The van der Waals surface area contributed by atoms with Crippen molar-refractivity contribution >= 4 is 29.1 Å². The molecule has 0 spiro atoms. The van der Waals surface area contributed by atoms with Crippen LogP contribution < -0.4 is 10.1 Å². The van der Waals surface area contributed by atoms with Crippen molar-refractivity contribution in [2.75, 3.05) is 0 Å². The molecule has 2 aromatic carbocycles. The van der Waals surface area contributed by atoms with Crippen LogP contribution in [-0.4, -0.2) is 22.0 Å². The maximum atomic E-state index is 11.0. The third kappa shape index (κ3) is 10.8. The van der Waals surface area contributed by atoms with Crippen molar-refractivity contribution in [2.24, 2.45) is 0 Å². The first-order valence-corrected chi connectivity index (χ1v) is 9.22. The van der Waals surface area contributed by atoms with E-state index in [-0.39, 0.29) is 5.91 Å². The predicted molar refractivity (Wildman–Crippen MR) is 110 cm³/mol. The van der Waals surface area contributed by atoms with E-state index >= 15 is 0 Å². The van der Waals surface area contributed by atoms with Gasteiger partial charge in [-0.15, -0.1) is 0 Å². The molecule has 0 aliphatic carbocycles. The molecular weight excluding hydrogens is 362 g/mol. The zero-order valence-electron chi connectivity index (χ0n) is 15.4. The second-order valence-electron chi connectivity index (χ2n) is 5.73. The van der Waals surface area contributed by atoms with Gasteiger partial charge in [-0.3, -0.25) is 4.79 Å². The number of carboxylic acid groups (broad SMARTS) is 1. The Morgan fingerprint density at radius 1 is 1.00 bits per heavy atom. The highest BCUT2D eigenvalue weighted by atomic mass is 32.1. The summed E-state index contributed by atoms with van der Waals surface area (Å²) in [7, 11) is 0. The van der Waals surface area contributed by atoms with Crippen LogP contribution in [0.5, 0.6) is 5.75 Å². The minimum atomic E-state index is -1.26. The molecule has 0 unspecified atom stereocenters. The van der Waals surface area contributed by atoms with Crippen molar-refractivity contribution in [1.29, 1.82) is 0 Å². The maximum Gasteiger partial charge on any atom is 0.363 e. The first-order chi connectivity index (χ1) is 13.0. The van der Waals surface area contributed by atoms with Crippen molar-refractivity contribution in [3.63, 3.8) is 0 Å². The van der Waals surface area contributed by atoms with Crippen LogP contribution >= 0.6 is 12.2 Å². The average Bonchev–Trinajstić information content (AvgIpc) is 2.68. The number of thiocarbonyl (C=S) groups is 1. The van der Waals surface area contributed by atoms with E-state index in [4.69, 9.17) is 9.84 Å². The molecule has 0 saturated carbocycles. The van der Waals surface area contributed by atoms with Crippen molar-refractivity contribution in [3.05, 3.63) is 66.2 Å². The summed E-state index contributed by atoms with van der Waals surface area (Å²) in [5, 5.41) is 10.5. The Hall–Kier alpha value is -2.73. The molecule has 6 heteroatoms. The van der Waals surface area contributed by atoms with Crippen LogP contribution in [-0.2, 0) is 16.2 Å². The van der Waals surface area contributed by atoms with E-state index < -0.39 is 11.0 Å². The number of aliphatic carboxylic acids is 1. The monoisotopic (exact) mass is 387 g/mol. The number of carboxylic acids is 1. The molecule has 2 N–H and O–H groups in total. The molecule has 0 heterocycles. The highest BCUT2D eigenvalue weighted by molar-refractivity contribution is 7.82. The van der Waals surface area contributed by atoms with Gasteiger partial charge in [-0.05, 0) is 24.1 Å². The smallest absolute Gasteiger partial charge is 0.363 e. The lowest BCUT2D eigenvalue weighted by molar-refractivity contribution is -0.130. The molecule has 1 amide bonds. The molecule has 0 atom stereocenters. The Bertz CT molecular complexity index is 665. The molecule has 27 heavy (non-hydrogen) atoms. The van der Waals surface area contributed by atoms with Gasteiger partial charge in [-0.25, -0.2) is 4.79 Å². The van der Waals surface area contributed by atoms with Crippen LogP contribution in [0.3, 0.4) is 0 Å². The number of benzene rings is 2. The van der Waals surface area contributed by atoms with E-state index in [1.54, 1.807) is 0 Å². The molecular formula is C21H25NO4S. The van der Waals surface area contributed by atoms with Crippen molar-refractivity contribution in [2.45, 2.75) is 39.2 Å². The highest BCUT2D eigenvalue weighted by Crippen LogP contribution is 2.11. The summed E-state index contributed by atoms with van der Waals surface area (Å²) in [6.45, 7) is 2.66. The summed E-state index contributed by atoms with van der Waals surface area (Å²) in [5.41, 5.74) is 1.19. The number of carbonyl (C=O) groups excluding carboxylic acids is 1. The Kier molecular flexibility index (Phi) is 11.1. The van der Waals surface area contributed by atoms with Crippen molar-refractivity contribution in [3.8, 4) is 5.75 Å². The quantitative estimate of drug-likeness (QED) is 0.545. The Labute approximate surface area is 165 Å². The predicted octanol–water partition coefficient (Wildman–Crippen LogP) is 4.36. The summed E-state index contributed by atoms with van der Waals surface area (Å²) in [6.07, 6.45) is 3.09. The number of unbranched alkanes of at least 4 members (excludes halogenated alkanes) is 2. The number of hydrogen-bond donors (Lipinski definition) is 2. The van der Waals surface area contributed by atoms with E-state index in [1.807, 2.05) is 55.5 Å². The Balaban J connectivity index is 0.000000271. The number of hydrogen-bond acceptors (Lipinski definition) is 4. The molecule has 2 rings (SSSR count).